The van der Waals surface area contributed by atoms with Gasteiger partial charge in [-0.15, -0.1) is 0 Å². The van der Waals surface area contributed by atoms with Crippen LogP contribution in [0, 0.1) is 11.3 Å². The minimum Gasteiger partial charge on any atom is -0.379 e. The molecule has 1 aliphatic rings. The average Bonchev–Trinajstić information content (AvgIpc) is 2.33. The van der Waals surface area contributed by atoms with Crippen molar-refractivity contribution in [3.63, 3.8) is 0 Å². The summed E-state index contributed by atoms with van der Waals surface area (Å²) in [4.78, 5) is 2.51. The number of morpholine rings is 1. The van der Waals surface area contributed by atoms with E-state index in [0.717, 1.165) is 32.2 Å². The fourth-order valence-corrected chi connectivity index (χ4v) is 5.02. The predicted molar refractivity (Wildman–Crippen MR) is 90.0 cm³/mol. The Kier molecular flexibility index (Phi) is 8.87. The number of nitrogens with zero attached hydrogens (tertiary/aromatic N) is 1. The number of hydrogen-bond acceptors (Lipinski definition) is 4. The van der Waals surface area contributed by atoms with Crippen LogP contribution in [0.5, 0.6) is 0 Å². The van der Waals surface area contributed by atoms with Gasteiger partial charge < -0.3 is 4.74 Å². The summed E-state index contributed by atoms with van der Waals surface area (Å²) in [5.74, 6) is 3.34. The Morgan fingerprint density at radius 3 is 2.37 bits per heavy atom. The van der Waals surface area contributed by atoms with Crippen LogP contribution in [0.1, 0.15) is 40.5 Å². The van der Waals surface area contributed by atoms with E-state index in [1.54, 1.807) is 0 Å². The molecular formula is C15H31NOS2. The van der Waals surface area contributed by atoms with Gasteiger partial charge >= 0.3 is 0 Å². The van der Waals surface area contributed by atoms with E-state index < -0.39 is 0 Å². The van der Waals surface area contributed by atoms with E-state index in [9.17, 15) is 0 Å². The second-order valence-corrected chi connectivity index (χ2v) is 9.31. The first-order valence-corrected chi connectivity index (χ1v) is 10.0. The van der Waals surface area contributed by atoms with Crippen molar-refractivity contribution in [3.05, 3.63) is 0 Å². The van der Waals surface area contributed by atoms with Crippen molar-refractivity contribution in [3.8, 4) is 0 Å². The van der Waals surface area contributed by atoms with Gasteiger partial charge in [-0.3, -0.25) is 4.90 Å². The Labute approximate surface area is 127 Å². The first kappa shape index (κ1) is 17.7. The number of ether oxygens (including phenoxy) is 1. The fraction of sp³-hybridized carbons (Fsp3) is 1.00. The predicted octanol–water partition coefficient (Wildman–Crippen LogP) is 4.16. The van der Waals surface area contributed by atoms with E-state index in [0.29, 0.717) is 5.41 Å². The highest BCUT2D eigenvalue weighted by Gasteiger charge is 2.18. The standard InChI is InChI=1S/C15H31NOS2/c1-14(2)13-15(3,4)5-11-18-19-12-8-16-6-9-17-10-7-16/h14H,5-13H2,1-4H3. The largest absolute Gasteiger partial charge is 0.379 e. The molecule has 0 aliphatic carbocycles. The van der Waals surface area contributed by atoms with E-state index >= 15 is 0 Å². The third-order valence-electron chi connectivity index (χ3n) is 3.50. The Balaban J connectivity index is 1.95. The Morgan fingerprint density at radius 2 is 1.74 bits per heavy atom. The lowest BCUT2D eigenvalue weighted by molar-refractivity contribution is 0.0410. The van der Waals surface area contributed by atoms with Gasteiger partial charge in [-0.25, -0.2) is 0 Å². The molecule has 0 bridgehead atoms. The molecular weight excluding hydrogens is 274 g/mol. The summed E-state index contributed by atoms with van der Waals surface area (Å²) in [7, 11) is 4.10. The van der Waals surface area contributed by atoms with Crippen LogP contribution in [0.15, 0.2) is 0 Å². The van der Waals surface area contributed by atoms with Crippen molar-refractivity contribution in [2.75, 3.05) is 44.4 Å². The molecule has 1 heterocycles. The van der Waals surface area contributed by atoms with E-state index in [1.165, 1.54) is 30.9 Å². The van der Waals surface area contributed by atoms with Crippen molar-refractivity contribution in [1.82, 2.24) is 4.90 Å². The van der Waals surface area contributed by atoms with Gasteiger partial charge in [0.1, 0.15) is 0 Å². The average molecular weight is 306 g/mol. The number of hydrogen-bond donors (Lipinski definition) is 0. The van der Waals surface area contributed by atoms with E-state index in [1.807, 2.05) is 10.8 Å². The maximum atomic E-state index is 5.36. The highest BCUT2D eigenvalue weighted by Crippen LogP contribution is 2.33. The van der Waals surface area contributed by atoms with Crippen molar-refractivity contribution in [1.29, 1.82) is 0 Å². The van der Waals surface area contributed by atoms with Gasteiger partial charge in [0.05, 0.1) is 13.2 Å². The molecule has 0 atom stereocenters. The third kappa shape index (κ3) is 9.22. The van der Waals surface area contributed by atoms with Crippen LogP contribution >= 0.6 is 21.6 Å². The molecule has 0 N–H and O–H groups in total. The summed E-state index contributed by atoms with van der Waals surface area (Å²) in [5.41, 5.74) is 0.506. The fourth-order valence-electron chi connectivity index (χ4n) is 2.63. The maximum absolute atomic E-state index is 5.36. The molecule has 0 spiro atoms. The highest BCUT2D eigenvalue weighted by atomic mass is 33.1. The first-order valence-electron chi connectivity index (χ1n) is 7.54. The summed E-state index contributed by atoms with van der Waals surface area (Å²) in [5, 5.41) is 0. The van der Waals surface area contributed by atoms with Crippen LogP contribution < -0.4 is 0 Å². The molecule has 1 rings (SSSR count). The minimum atomic E-state index is 0.506. The van der Waals surface area contributed by atoms with E-state index in [2.05, 4.69) is 43.4 Å². The molecule has 0 aromatic rings. The minimum absolute atomic E-state index is 0.506. The van der Waals surface area contributed by atoms with Crippen LogP contribution in [0.3, 0.4) is 0 Å². The second kappa shape index (κ2) is 9.54. The molecule has 0 radical (unpaired) electrons. The van der Waals surface area contributed by atoms with Crippen LogP contribution in [-0.2, 0) is 4.74 Å². The Morgan fingerprint density at radius 1 is 1.11 bits per heavy atom. The van der Waals surface area contributed by atoms with Gasteiger partial charge in [0, 0.05) is 31.1 Å². The topological polar surface area (TPSA) is 12.5 Å². The zero-order valence-electron chi connectivity index (χ0n) is 13.1. The highest BCUT2D eigenvalue weighted by molar-refractivity contribution is 8.76. The lowest BCUT2D eigenvalue weighted by atomic mass is 9.82. The van der Waals surface area contributed by atoms with Crippen LogP contribution in [0.4, 0.5) is 0 Å². The molecule has 0 unspecified atom stereocenters. The molecule has 0 saturated carbocycles. The first-order chi connectivity index (χ1) is 8.99. The molecule has 19 heavy (non-hydrogen) atoms. The van der Waals surface area contributed by atoms with Gasteiger partial charge in [-0.05, 0) is 24.2 Å². The van der Waals surface area contributed by atoms with Crippen molar-refractivity contribution < 1.29 is 4.74 Å². The number of rotatable bonds is 9. The Bertz CT molecular complexity index is 228. The van der Waals surface area contributed by atoms with Gasteiger partial charge in [0.25, 0.3) is 0 Å². The maximum Gasteiger partial charge on any atom is 0.0594 e. The molecule has 2 nitrogen and oxygen atoms in total. The van der Waals surface area contributed by atoms with Gasteiger partial charge in [-0.2, -0.15) is 0 Å². The summed E-state index contributed by atoms with van der Waals surface area (Å²) < 4.78 is 5.36. The zero-order chi connectivity index (χ0) is 14.1. The van der Waals surface area contributed by atoms with Gasteiger partial charge in [0.15, 0.2) is 0 Å². The van der Waals surface area contributed by atoms with Gasteiger partial charge in [0.2, 0.25) is 0 Å². The van der Waals surface area contributed by atoms with Crippen molar-refractivity contribution >= 4 is 21.6 Å². The molecule has 4 heteroatoms. The second-order valence-electron chi connectivity index (χ2n) is 6.61. The normalized spacial score (nSPS) is 18.2. The van der Waals surface area contributed by atoms with Gasteiger partial charge in [-0.1, -0.05) is 49.3 Å². The molecule has 1 fully saturated rings. The third-order valence-corrected chi connectivity index (χ3v) is 5.89. The monoisotopic (exact) mass is 305 g/mol. The quantitative estimate of drug-likeness (QED) is 0.468. The smallest absolute Gasteiger partial charge is 0.0594 e. The summed E-state index contributed by atoms with van der Waals surface area (Å²) >= 11 is 0. The summed E-state index contributed by atoms with van der Waals surface area (Å²) in [6.07, 6.45) is 2.67. The van der Waals surface area contributed by atoms with Crippen LogP contribution in [0.25, 0.3) is 0 Å². The molecule has 0 aromatic heterocycles. The molecule has 1 saturated heterocycles. The lowest BCUT2D eigenvalue weighted by Gasteiger charge is -2.27. The molecule has 0 aromatic carbocycles. The van der Waals surface area contributed by atoms with E-state index in [-0.39, 0.29) is 0 Å². The van der Waals surface area contributed by atoms with Crippen molar-refractivity contribution in [2.45, 2.75) is 40.5 Å². The molecule has 1 aliphatic heterocycles. The van der Waals surface area contributed by atoms with Crippen molar-refractivity contribution in [2.24, 2.45) is 11.3 Å². The lowest BCUT2D eigenvalue weighted by Crippen LogP contribution is -2.37. The van der Waals surface area contributed by atoms with E-state index in [4.69, 9.17) is 4.74 Å². The SMILES string of the molecule is CC(C)CC(C)(C)CCSSCCN1CCOCC1. The molecule has 0 amide bonds. The van der Waals surface area contributed by atoms with Crippen LogP contribution in [0.2, 0.25) is 0 Å². The Hall–Kier alpha value is 0.620. The summed E-state index contributed by atoms with van der Waals surface area (Å²) in [6, 6.07) is 0. The molecule has 114 valence electrons. The van der Waals surface area contributed by atoms with Crippen LogP contribution in [-0.4, -0.2) is 49.3 Å². The zero-order valence-corrected chi connectivity index (χ0v) is 14.7. The summed E-state index contributed by atoms with van der Waals surface area (Å²) in [6.45, 7) is 14.8.